The molecule has 0 aliphatic carbocycles. The summed E-state index contributed by atoms with van der Waals surface area (Å²) in [4.78, 5) is 9.10. The molecular formula is C23H34N4O2. The normalized spacial score (nSPS) is 12.7. The van der Waals surface area contributed by atoms with Crippen molar-refractivity contribution in [2.45, 2.75) is 33.1 Å². The van der Waals surface area contributed by atoms with Crippen molar-refractivity contribution in [2.75, 3.05) is 38.7 Å². The van der Waals surface area contributed by atoms with Crippen molar-refractivity contribution in [1.82, 2.24) is 10.3 Å². The van der Waals surface area contributed by atoms with Crippen LogP contribution in [0.25, 0.3) is 0 Å². The Kier molecular flexibility index (Phi) is 10.00. The maximum atomic E-state index is 5.79. The van der Waals surface area contributed by atoms with Crippen LogP contribution in [0.2, 0.25) is 0 Å². The zero-order chi connectivity index (χ0) is 20.9. The van der Waals surface area contributed by atoms with Gasteiger partial charge in [0.05, 0.1) is 6.61 Å². The van der Waals surface area contributed by atoms with E-state index in [-0.39, 0.29) is 0 Å². The molecule has 6 nitrogen and oxygen atoms in total. The van der Waals surface area contributed by atoms with Gasteiger partial charge in [0.1, 0.15) is 5.75 Å². The third kappa shape index (κ3) is 8.11. The zero-order valence-corrected chi connectivity index (χ0v) is 18.0. The third-order valence-corrected chi connectivity index (χ3v) is 4.57. The van der Waals surface area contributed by atoms with Crippen LogP contribution in [0.4, 0.5) is 5.69 Å². The van der Waals surface area contributed by atoms with E-state index in [9.17, 15) is 0 Å². The fourth-order valence-electron chi connectivity index (χ4n) is 2.99. The Bertz CT molecular complexity index is 735. The largest absolute Gasteiger partial charge is 0.493 e. The van der Waals surface area contributed by atoms with Crippen LogP contribution in [-0.2, 0) is 4.74 Å². The average molecular weight is 399 g/mol. The minimum absolute atomic E-state index is 0.314. The van der Waals surface area contributed by atoms with Crippen LogP contribution in [0.5, 0.6) is 5.75 Å². The second-order valence-corrected chi connectivity index (χ2v) is 7.20. The van der Waals surface area contributed by atoms with Gasteiger partial charge in [-0.3, -0.25) is 9.98 Å². The van der Waals surface area contributed by atoms with Crippen molar-refractivity contribution in [1.29, 1.82) is 0 Å². The van der Waals surface area contributed by atoms with Gasteiger partial charge in [0, 0.05) is 63.3 Å². The van der Waals surface area contributed by atoms with Crippen LogP contribution in [0.1, 0.15) is 38.7 Å². The third-order valence-electron chi connectivity index (χ3n) is 4.57. The maximum Gasteiger partial charge on any atom is 0.195 e. The minimum Gasteiger partial charge on any atom is -0.493 e. The fourth-order valence-corrected chi connectivity index (χ4v) is 2.99. The molecule has 0 saturated carbocycles. The van der Waals surface area contributed by atoms with Gasteiger partial charge in [0.2, 0.25) is 0 Å². The van der Waals surface area contributed by atoms with Crippen LogP contribution >= 0.6 is 0 Å². The number of rotatable bonds is 11. The highest BCUT2D eigenvalue weighted by molar-refractivity contribution is 5.93. The lowest BCUT2D eigenvalue weighted by atomic mass is 9.89. The summed E-state index contributed by atoms with van der Waals surface area (Å²) < 4.78 is 10.8. The van der Waals surface area contributed by atoms with E-state index < -0.39 is 0 Å². The Morgan fingerprint density at radius 2 is 2.03 bits per heavy atom. The molecule has 0 aliphatic heterocycles. The van der Waals surface area contributed by atoms with Crippen LogP contribution < -0.4 is 15.4 Å². The van der Waals surface area contributed by atoms with Gasteiger partial charge in [-0.15, -0.1) is 0 Å². The van der Waals surface area contributed by atoms with Gasteiger partial charge in [-0.1, -0.05) is 26.0 Å². The molecule has 0 bridgehead atoms. The van der Waals surface area contributed by atoms with Gasteiger partial charge in [0.15, 0.2) is 5.96 Å². The van der Waals surface area contributed by atoms with Crippen molar-refractivity contribution >= 4 is 11.6 Å². The summed E-state index contributed by atoms with van der Waals surface area (Å²) in [6.45, 7) is 9.31. The van der Waals surface area contributed by atoms with E-state index in [1.165, 1.54) is 5.56 Å². The van der Waals surface area contributed by atoms with Crippen LogP contribution in [-0.4, -0.2) is 44.4 Å². The predicted molar refractivity (Wildman–Crippen MR) is 120 cm³/mol. The molecule has 2 rings (SSSR count). The second-order valence-electron chi connectivity index (χ2n) is 7.20. The Morgan fingerprint density at radius 3 is 2.72 bits per heavy atom. The van der Waals surface area contributed by atoms with E-state index >= 15 is 0 Å². The smallest absolute Gasteiger partial charge is 0.195 e. The first-order chi connectivity index (χ1) is 14.1. The molecule has 29 heavy (non-hydrogen) atoms. The SMILES string of the molecule is CCNC(=NCC(c1cccnc1)C(C)C)Nc1cccc(OCCCOC)c1. The Morgan fingerprint density at radius 1 is 1.17 bits per heavy atom. The molecule has 0 amide bonds. The first kappa shape index (κ1) is 22.7. The van der Waals surface area contributed by atoms with Gasteiger partial charge in [-0.25, -0.2) is 0 Å². The quantitative estimate of drug-likeness (QED) is 0.335. The summed E-state index contributed by atoms with van der Waals surface area (Å²) in [7, 11) is 1.70. The molecule has 1 atom stereocenters. The highest BCUT2D eigenvalue weighted by atomic mass is 16.5. The number of nitrogens with one attached hydrogen (secondary N) is 2. The van der Waals surface area contributed by atoms with Crippen molar-refractivity contribution in [3.63, 3.8) is 0 Å². The van der Waals surface area contributed by atoms with E-state index in [0.29, 0.717) is 31.6 Å². The Labute approximate surface area is 174 Å². The second kappa shape index (κ2) is 12.8. The molecule has 0 aliphatic rings. The average Bonchev–Trinajstić information content (AvgIpc) is 2.72. The van der Waals surface area contributed by atoms with Crippen molar-refractivity contribution in [3.8, 4) is 5.75 Å². The molecule has 158 valence electrons. The highest BCUT2D eigenvalue weighted by Crippen LogP contribution is 2.24. The summed E-state index contributed by atoms with van der Waals surface area (Å²) in [6.07, 6.45) is 4.61. The summed E-state index contributed by atoms with van der Waals surface area (Å²) in [6, 6.07) is 12.0. The molecule has 1 aromatic carbocycles. The van der Waals surface area contributed by atoms with E-state index in [4.69, 9.17) is 14.5 Å². The number of hydrogen-bond acceptors (Lipinski definition) is 4. The molecular weight excluding hydrogens is 364 g/mol. The summed E-state index contributed by atoms with van der Waals surface area (Å²) in [5.74, 6) is 2.38. The molecule has 0 radical (unpaired) electrons. The molecule has 0 saturated heterocycles. The minimum atomic E-state index is 0.314. The molecule has 0 fully saturated rings. The topological polar surface area (TPSA) is 67.8 Å². The molecule has 1 unspecified atom stereocenters. The van der Waals surface area contributed by atoms with Gasteiger partial charge < -0.3 is 20.1 Å². The first-order valence-electron chi connectivity index (χ1n) is 10.3. The van der Waals surface area contributed by atoms with E-state index in [2.05, 4.69) is 42.5 Å². The van der Waals surface area contributed by atoms with E-state index in [1.807, 2.05) is 36.5 Å². The molecule has 2 N–H and O–H groups in total. The number of aliphatic imine (C=N–C) groups is 1. The van der Waals surface area contributed by atoms with Gasteiger partial charge in [0.25, 0.3) is 0 Å². The number of hydrogen-bond donors (Lipinski definition) is 2. The number of ether oxygens (including phenoxy) is 2. The number of aromatic nitrogens is 1. The summed E-state index contributed by atoms with van der Waals surface area (Å²) in [5.41, 5.74) is 2.16. The fraction of sp³-hybridized carbons (Fsp3) is 0.478. The standard InChI is InChI=1S/C23H34N4O2/c1-5-25-23(26-17-22(18(2)3)19-9-7-12-24-16-19)27-20-10-6-11-21(15-20)29-14-8-13-28-4/h6-7,9-12,15-16,18,22H,5,8,13-14,17H2,1-4H3,(H2,25,26,27). The first-order valence-corrected chi connectivity index (χ1v) is 10.3. The summed E-state index contributed by atoms with van der Waals surface area (Å²) in [5, 5.41) is 6.71. The number of nitrogens with zero attached hydrogens (tertiary/aromatic N) is 2. The van der Waals surface area contributed by atoms with Gasteiger partial charge >= 0.3 is 0 Å². The van der Waals surface area contributed by atoms with E-state index in [1.54, 1.807) is 13.3 Å². The molecule has 1 aromatic heterocycles. The molecule has 0 spiro atoms. The Hall–Kier alpha value is -2.60. The lowest BCUT2D eigenvalue weighted by Gasteiger charge is -2.20. The van der Waals surface area contributed by atoms with Crippen molar-refractivity contribution in [2.24, 2.45) is 10.9 Å². The van der Waals surface area contributed by atoms with Gasteiger partial charge in [-0.2, -0.15) is 0 Å². The lowest BCUT2D eigenvalue weighted by molar-refractivity contribution is 0.172. The number of methoxy groups -OCH3 is 1. The number of guanidine groups is 1. The van der Waals surface area contributed by atoms with Crippen LogP contribution in [0.3, 0.4) is 0 Å². The van der Waals surface area contributed by atoms with E-state index in [0.717, 1.165) is 30.4 Å². The monoisotopic (exact) mass is 398 g/mol. The van der Waals surface area contributed by atoms with Crippen LogP contribution in [0.15, 0.2) is 53.8 Å². The number of benzene rings is 1. The Balaban J connectivity index is 2.05. The van der Waals surface area contributed by atoms with Crippen molar-refractivity contribution in [3.05, 3.63) is 54.4 Å². The molecule has 2 aromatic rings. The zero-order valence-electron chi connectivity index (χ0n) is 18.0. The number of anilines is 1. The van der Waals surface area contributed by atoms with Crippen LogP contribution in [0, 0.1) is 5.92 Å². The highest BCUT2D eigenvalue weighted by Gasteiger charge is 2.16. The van der Waals surface area contributed by atoms with Crippen molar-refractivity contribution < 1.29 is 9.47 Å². The van der Waals surface area contributed by atoms with Gasteiger partial charge in [-0.05, 0) is 36.6 Å². The maximum absolute atomic E-state index is 5.79. The summed E-state index contributed by atoms with van der Waals surface area (Å²) >= 11 is 0. The number of pyridine rings is 1. The predicted octanol–water partition coefficient (Wildman–Crippen LogP) is 4.31. The molecule has 1 heterocycles. The lowest BCUT2D eigenvalue weighted by Crippen LogP contribution is -2.31. The molecule has 6 heteroatoms.